The van der Waals surface area contributed by atoms with E-state index in [0.29, 0.717) is 10.3 Å². The van der Waals surface area contributed by atoms with E-state index in [1.807, 2.05) is 0 Å². The molecule has 64 valence electrons. The summed E-state index contributed by atoms with van der Waals surface area (Å²) in [4.78, 5) is 19.4. The maximum atomic E-state index is 11.1. The van der Waals surface area contributed by atoms with Crippen molar-refractivity contribution in [1.29, 1.82) is 0 Å². The third-order valence-corrected chi connectivity index (χ3v) is 1.58. The monoisotopic (exact) mass is 230 g/mol. The number of pyridine rings is 1. The van der Waals surface area contributed by atoms with Crippen LogP contribution in [-0.4, -0.2) is 18.0 Å². The number of amides is 1. The summed E-state index contributed by atoms with van der Waals surface area (Å²) in [5.74, 6) is -0.362. The van der Waals surface area contributed by atoms with E-state index < -0.39 is 0 Å². The maximum Gasteiger partial charge on any atom is 0.293 e. The van der Waals surface area contributed by atoms with Crippen molar-refractivity contribution >= 4 is 21.8 Å². The van der Waals surface area contributed by atoms with Crippen molar-refractivity contribution in [3.05, 3.63) is 28.5 Å². The average molecular weight is 231 g/mol. The molecule has 0 aliphatic heterocycles. The first-order valence-electron chi connectivity index (χ1n) is 3.20. The number of halogens is 1. The van der Waals surface area contributed by atoms with Crippen LogP contribution in [0.2, 0.25) is 0 Å². The fourth-order valence-electron chi connectivity index (χ4n) is 0.680. The van der Waals surface area contributed by atoms with Gasteiger partial charge in [0.2, 0.25) is 0 Å². The number of nitrogens with zero attached hydrogens (tertiary/aromatic N) is 1. The third kappa shape index (κ3) is 2.28. The molecule has 1 aromatic heterocycles. The standard InChI is InChI=1S/C7H7BrN2O2/c1-12-10-7(11)5-3-2-4-6(8)9-5/h2-4H,1H3,(H,10,11). The Kier molecular flexibility index (Phi) is 3.19. The number of nitrogens with one attached hydrogen (secondary N) is 1. The van der Waals surface area contributed by atoms with Crippen molar-refractivity contribution in [3.63, 3.8) is 0 Å². The van der Waals surface area contributed by atoms with Gasteiger partial charge in [0, 0.05) is 0 Å². The van der Waals surface area contributed by atoms with Crippen molar-refractivity contribution in [2.24, 2.45) is 0 Å². The molecule has 4 nitrogen and oxygen atoms in total. The molecular formula is C7H7BrN2O2. The summed E-state index contributed by atoms with van der Waals surface area (Å²) < 4.78 is 0.617. The van der Waals surface area contributed by atoms with Gasteiger partial charge in [-0.1, -0.05) is 6.07 Å². The molecule has 1 rings (SSSR count). The molecule has 12 heavy (non-hydrogen) atoms. The van der Waals surface area contributed by atoms with E-state index in [-0.39, 0.29) is 5.91 Å². The molecule has 5 heteroatoms. The molecule has 0 radical (unpaired) electrons. The third-order valence-electron chi connectivity index (χ3n) is 1.14. The number of hydrogen-bond acceptors (Lipinski definition) is 3. The fourth-order valence-corrected chi connectivity index (χ4v) is 1.02. The van der Waals surface area contributed by atoms with Crippen LogP contribution in [0.5, 0.6) is 0 Å². The van der Waals surface area contributed by atoms with Crippen LogP contribution in [0, 0.1) is 0 Å². The molecule has 0 fully saturated rings. The van der Waals surface area contributed by atoms with Crippen LogP contribution in [0.3, 0.4) is 0 Å². The van der Waals surface area contributed by atoms with Gasteiger partial charge in [-0.25, -0.2) is 10.5 Å². The summed E-state index contributed by atoms with van der Waals surface area (Å²) >= 11 is 3.15. The van der Waals surface area contributed by atoms with E-state index in [1.54, 1.807) is 18.2 Å². The van der Waals surface area contributed by atoms with Gasteiger partial charge in [-0.3, -0.25) is 9.63 Å². The van der Waals surface area contributed by atoms with Gasteiger partial charge in [-0.15, -0.1) is 0 Å². The van der Waals surface area contributed by atoms with Crippen molar-refractivity contribution in [1.82, 2.24) is 10.5 Å². The Morgan fingerprint density at radius 2 is 2.42 bits per heavy atom. The van der Waals surface area contributed by atoms with Gasteiger partial charge in [0.25, 0.3) is 5.91 Å². The van der Waals surface area contributed by atoms with Crippen LogP contribution in [0.15, 0.2) is 22.8 Å². The zero-order valence-electron chi connectivity index (χ0n) is 6.37. The molecule has 1 amide bonds. The summed E-state index contributed by atoms with van der Waals surface area (Å²) in [6.45, 7) is 0. The molecule has 0 atom stereocenters. The lowest BCUT2D eigenvalue weighted by Gasteiger charge is -2.00. The van der Waals surface area contributed by atoms with E-state index >= 15 is 0 Å². The van der Waals surface area contributed by atoms with Crippen LogP contribution in [0.1, 0.15) is 10.5 Å². The highest BCUT2D eigenvalue weighted by atomic mass is 79.9. The fraction of sp³-hybridized carbons (Fsp3) is 0.143. The average Bonchev–Trinajstić information content (AvgIpc) is 2.05. The lowest BCUT2D eigenvalue weighted by molar-refractivity contribution is 0.0532. The molecule has 0 aromatic carbocycles. The minimum atomic E-state index is -0.362. The Balaban J connectivity index is 2.81. The first-order valence-corrected chi connectivity index (χ1v) is 3.99. The second-order valence-electron chi connectivity index (χ2n) is 1.98. The number of carbonyl (C=O) groups is 1. The summed E-state index contributed by atoms with van der Waals surface area (Å²) in [5.41, 5.74) is 2.48. The highest BCUT2D eigenvalue weighted by Crippen LogP contribution is 2.05. The first kappa shape index (κ1) is 9.15. The molecule has 0 unspecified atom stereocenters. The molecule has 0 saturated heterocycles. The molecule has 0 aliphatic carbocycles. The number of hydroxylamine groups is 1. The van der Waals surface area contributed by atoms with Gasteiger partial charge in [-0.05, 0) is 28.1 Å². The molecular weight excluding hydrogens is 224 g/mol. The molecule has 0 bridgehead atoms. The van der Waals surface area contributed by atoms with E-state index in [9.17, 15) is 4.79 Å². The summed E-state index contributed by atoms with van der Waals surface area (Å²) in [6, 6.07) is 5.06. The second kappa shape index (κ2) is 4.18. The van der Waals surface area contributed by atoms with Crippen LogP contribution < -0.4 is 5.48 Å². The van der Waals surface area contributed by atoms with Gasteiger partial charge in [0.1, 0.15) is 10.3 Å². The number of rotatable bonds is 2. The minimum absolute atomic E-state index is 0.311. The normalized spacial score (nSPS) is 9.50. The molecule has 0 spiro atoms. The molecule has 0 aliphatic rings. The van der Waals surface area contributed by atoms with Crippen LogP contribution in [-0.2, 0) is 4.84 Å². The van der Waals surface area contributed by atoms with E-state index in [2.05, 4.69) is 31.2 Å². The SMILES string of the molecule is CONC(=O)c1cccc(Br)n1. The number of carbonyl (C=O) groups excluding carboxylic acids is 1. The lowest BCUT2D eigenvalue weighted by atomic mass is 10.3. The maximum absolute atomic E-state index is 11.1. The molecule has 1 N–H and O–H groups in total. The van der Waals surface area contributed by atoms with Gasteiger partial charge >= 0.3 is 0 Å². The van der Waals surface area contributed by atoms with Gasteiger partial charge in [-0.2, -0.15) is 0 Å². The topological polar surface area (TPSA) is 51.2 Å². The molecule has 1 heterocycles. The van der Waals surface area contributed by atoms with Crippen LogP contribution >= 0.6 is 15.9 Å². The van der Waals surface area contributed by atoms with E-state index in [4.69, 9.17) is 0 Å². The summed E-state index contributed by atoms with van der Waals surface area (Å²) in [6.07, 6.45) is 0. The second-order valence-corrected chi connectivity index (χ2v) is 2.79. The van der Waals surface area contributed by atoms with Crippen LogP contribution in [0.4, 0.5) is 0 Å². The van der Waals surface area contributed by atoms with Gasteiger partial charge < -0.3 is 0 Å². The predicted molar refractivity (Wildman–Crippen MR) is 46.4 cm³/mol. The Bertz CT molecular complexity index is 290. The van der Waals surface area contributed by atoms with E-state index in [1.165, 1.54) is 7.11 Å². The summed E-state index contributed by atoms with van der Waals surface area (Å²) in [7, 11) is 1.37. The largest absolute Gasteiger partial charge is 0.293 e. The van der Waals surface area contributed by atoms with Crippen molar-refractivity contribution in [2.45, 2.75) is 0 Å². The minimum Gasteiger partial charge on any atom is -0.277 e. The highest BCUT2D eigenvalue weighted by molar-refractivity contribution is 9.10. The van der Waals surface area contributed by atoms with Crippen molar-refractivity contribution in [2.75, 3.05) is 7.11 Å². The first-order chi connectivity index (χ1) is 5.74. The highest BCUT2D eigenvalue weighted by Gasteiger charge is 2.05. The van der Waals surface area contributed by atoms with Gasteiger partial charge in [0.15, 0.2) is 0 Å². The Morgan fingerprint density at radius 1 is 1.67 bits per heavy atom. The quantitative estimate of drug-likeness (QED) is 0.613. The lowest BCUT2D eigenvalue weighted by Crippen LogP contribution is -2.22. The van der Waals surface area contributed by atoms with E-state index in [0.717, 1.165) is 0 Å². The van der Waals surface area contributed by atoms with Crippen LogP contribution in [0.25, 0.3) is 0 Å². The Labute approximate surface area is 78.0 Å². The zero-order valence-corrected chi connectivity index (χ0v) is 7.96. The molecule has 1 aromatic rings. The number of hydrogen-bond donors (Lipinski definition) is 1. The predicted octanol–water partition coefficient (Wildman–Crippen LogP) is 1.14. The van der Waals surface area contributed by atoms with Gasteiger partial charge in [0.05, 0.1) is 7.11 Å². The molecule has 0 saturated carbocycles. The zero-order chi connectivity index (χ0) is 8.97. The summed E-state index contributed by atoms with van der Waals surface area (Å²) in [5, 5.41) is 0. The Morgan fingerprint density at radius 3 is 3.00 bits per heavy atom. The number of aromatic nitrogens is 1. The Hall–Kier alpha value is -0.940. The van der Waals surface area contributed by atoms with Crippen molar-refractivity contribution in [3.8, 4) is 0 Å². The van der Waals surface area contributed by atoms with Crippen molar-refractivity contribution < 1.29 is 9.63 Å². The smallest absolute Gasteiger partial charge is 0.277 e.